The third kappa shape index (κ3) is 4.20. The van der Waals surface area contributed by atoms with E-state index in [-0.39, 0.29) is 5.54 Å². The maximum absolute atomic E-state index is 3.35. The van der Waals surface area contributed by atoms with Crippen LogP contribution in [0.1, 0.15) is 62.4 Å². The lowest BCUT2D eigenvalue weighted by Crippen LogP contribution is -2.46. The lowest BCUT2D eigenvalue weighted by molar-refractivity contribution is 0.506. The first-order valence-corrected chi connectivity index (χ1v) is 13.4. The highest BCUT2D eigenvalue weighted by atomic mass is 15.2. The Kier molecular flexibility index (Phi) is 7.44. The molecule has 0 fully saturated rings. The molecule has 0 saturated heterocycles. The second kappa shape index (κ2) is 10.4. The Hall–Kier alpha value is -2.94. The summed E-state index contributed by atoms with van der Waals surface area (Å²) < 4.78 is 0. The van der Waals surface area contributed by atoms with Crippen LogP contribution < -0.4 is 14.7 Å². The molecule has 3 aromatic rings. The van der Waals surface area contributed by atoms with Crippen molar-refractivity contribution in [3.63, 3.8) is 0 Å². The van der Waals surface area contributed by atoms with Gasteiger partial charge in [0.1, 0.15) is 0 Å². The van der Waals surface area contributed by atoms with E-state index < -0.39 is 0 Å². The van der Waals surface area contributed by atoms with Gasteiger partial charge in [-0.2, -0.15) is 0 Å². The first-order chi connectivity index (χ1) is 16.9. The molecule has 1 heterocycles. The minimum Gasteiger partial charge on any atom is -0.372 e. The average molecular weight is 469 g/mol. The fraction of sp³-hybridized carbons (Fsp3) is 0.438. The predicted molar refractivity (Wildman–Crippen MR) is 152 cm³/mol. The van der Waals surface area contributed by atoms with Gasteiger partial charge < -0.3 is 14.7 Å². The standard InChI is InChI=1S/C32H42N3/c1-8-33(9-2)27-17-19-29(24(6)21-27)32(23-26-15-13-14-16-31(26)35(32)12-5)30-20-18-28(22-25(30)7)34(10-3)11-4/h14-22H,8-12,23H2,1-7H3. The van der Waals surface area contributed by atoms with E-state index >= 15 is 0 Å². The maximum atomic E-state index is 3.35. The molecule has 3 heteroatoms. The summed E-state index contributed by atoms with van der Waals surface area (Å²) >= 11 is 0. The Bertz CT molecular complexity index is 1100. The number of nitrogens with zero attached hydrogens (tertiary/aromatic N) is 3. The SMILES string of the molecule is CCN(CC)c1ccc(C2(c3ccc(N(CC)CC)cc3C)Cc3c[c]ccc3N2CC)c(C)c1. The van der Waals surface area contributed by atoms with Gasteiger partial charge in [0.2, 0.25) is 0 Å². The number of likely N-dealkylation sites (N-methyl/N-ethyl adjacent to an activating group) is 1. The number of benzene rings is 3. The summed E-state index contributed by atoms with van der Waals surface area (Å²) in [7, 11) is 0. The smallest absolute Gasteiger partial charge is 0.0952 e. The summed E-state index contributed by atoms with van der Waals surface area (Å²) in [5, 5.41) is 0. The average Bonchev–Trinajstić information content (AvgIpc) is 3.20. The summed E-state index contributed by atoms with van der Waals surface area (Å²) in [4.78, 5) is 7.50. The Balaban J connectivity index is 1.94. The van der Waals surface area contributed by atoms with Gasteiger partial charge >= 0.3 is 0 Å². The fourth-order valence-electron chi connectivity index (χ4n) is 6.30. The molecule has 0 saturated carbocycles. The molecule has 0 aromatic heterocycles. The van der Waals surface area contributed by atoms with E-state index in [1.165, 1.54) is 44.9 Å². The van der Waals surface area contributed by atoms with E-state index in [4.69, 9.17) is 0 Å². The molecule has 0 atom stereocenters. The molecule has 1 aliphatic heterocycles. The summed E-state index contributed by atoms with van der Waals surface area (Å²) in [5.41, 5.74) is 10.6. The highest BCUT2D eigenvalue weighted by molar-refractivity contribution is 5.70. The van der Waals surface area contributed by atoms with E-state index in [0.717, 1.165) is 39.1 Å². The zero-order chi connectivity index (χ0) is 25.2. The summed E-state index contributed by atoms with van der Waals surface area (Å²) in [6.45, 7) is 20.9. The zero-order valence-corrected chi connectivity index (χ0v) is 22.8. The van der Waals surface area contributed by atoms with Crippen molar-refractivity contribution >= 4 is 17.1 Å². The number of hydrogen-bond donors (Lipinski definition) is 0. The van der Waals surface area contributed by atoms with Crippen LogP contribution in [0.2, 0.25) is 0 Å². The molecule has 4 rings (SSSR count). The number of rotatable bonds is 9. The van der Waals surface area contributed by atoms with Crippen LogP contribution in [0.5, 0.6) is 0 Å². The summed E-state index contributed by atoms with van der Waals surface area (Å²) in [6, 6.07) is 24.1. The normalized spacial score (nSPS) is 14.2. The van der Waals surface area contributed by atoms with Crippen molar-refractivity contribution in [3.05, 3.63) is 88.5 Å². The minimum absolute atomic E-state index is 0.232. The molecule has 1 aliphatic rings. The molecule has 0 aliphatic carbocycles. The molecule has 3 nitrogen and oxygen atoms in total. The largest absolute Gasteiger partial charge is 0.372 e. The van der Waals surface area contributed by atoms with Gasteiger partial charge in [0.15, 0.2) is 0 Å². The van der Waals surface area contributed by atoms with Gasteiger partial charge in [0.05, 0.1) is 5.54 Å². The second-order valence-corrected chi connectivity index (χ2v) is 9.68. The third-order valence-corrected chi connectivity index (χ3v) is 8.01. The zero-order valence-electron chi connectivity index (χ0n) is 22.8. The Morgan fingerprint density at radius 3 is 1.71 bits per heavy atom. The summed E-state index contributed by atoms with van der Waals surface area (Å²) in [6.07, 6.45) is 0.963. The topological polar surface area (TPSA) is 9.72 Å². The molecular weight excluding hydrogens is 426 g/mol. The Morgan fingerprint density at radius 1 is 0.771 bits per heavy atom. The predicted octanol–water partition coefficient (Wildman–Crippen LogP) is 7.12. The molecule has 0 N–H and O–H groups in total. The number of anilines is 3. The van der Waals surface area contributed by atoms with Gasteiger partial charge in [0, 0.05) is 56.2 Å². The van der Waals surface area contributed by atoms with E-state index in [0.29, 0.717) is 0 Å². The van der Waals surface area contributed by atoms with Crippen LogP contribution in [-0.2, 0) is 12.0 Å². The molecule has 1 radical (unpaired) electrons. The van der Waals surface area contributed by atoms with Crippen molar-refractivity contribution in [2.24, 2.45) is 0 Å². The van der Waals surface area contributed by atoms with E-state index in [1.54, 1.807) is 0 Å². The van der Waals surface area contributed by atoms with Crippen LogP contribution in [-0.4, -0.2) is 32.7 Å². The Morgan fingerprint density at radius 2 is 1.29 bits per heavy atom. The number of fused-ring (bicyclic) bond motifs is 1. The van der Waals surface area contributed by atoms with Crippen LogP contribution >= 0.6 is 0 Å². The van der Waals surface area contributed by atoms with Gasteiger partial charge in [0.25, 0.3) is 0 Å². The first-order valence-electron chi connectivity index (χ1n) is 13.4. The molecule has 0 spiro atoms. The van der Waals surface area contributed by atoms with Crippen LogP contribution in [0.25, 0.3) is 0 Å². The second-order valence-electron chi connectivity index (χ2n) is 9.68. The lowest BCUT2D eigenvalue weighted by atomic mass is 9.75. The van der Waals surface area contributed by atoms with E-state index in [9.17, 15) is 0 Å². The highest BCUT2D eigenvalue weighted by Crippen LogP contribution is 2.51. The van der Waals surface area contributed by atoms with Crippen molar-refractivity contribution in [2.45, 2.75) is 60.4 Å². The van der Waals surface area contributed by atoms with Crippen LogP contribution in [0.15, 0.2) is 54.6 Å². The van der Waals surface area contributed by atoms with Gasteiger partial charge in [-0.1, -0.05) is 18.2 Å². The maximum Gasteiger partial charge on any atom is 0.0952 e. The molecule has 0 bridgehead atoms. The van der Waals surface area contributed by atoms with Gasteiger partial charge in [-0.05, 0) is 119 Å². The van der Waals surface area contributed by atoms with Crippen molar-refractivity contribution in [1.29, 1.82) is 0 Å². The fourth-order valence-corrected chi connectivity index (χ4v) is 6.30. The van der Waals surface area contributed by atoms with Gasteiger partial charge in [-0.15, -0.1) is 0 Å². The van der Waals surface area contributed by atoms with E-state index in [1.807, 2.05) is 0 Å². The van der Waals surface area contributed by atoms with Crippen molar-refractivity contribution in [3.8, 4) is 0 Å². The molecule has 3 aromatic carbocycles. The highest BCUT2D eigenvalue weighted by Gasteiger charge is 2.47. The number of aryl methyl sites for hydroxylation is 2. The molecule has 0 unspecified atom stereocenters. The van der Waals surface area contributed by atoms with Crippen molar-refractivity contribution in [2.75, 3.05) is 47.4 Å². The summed E-state index contributed by atoms with van der Waals surface area (Å²) in [5.74, 6) is 0. The van der Waals surface area contributed by atoms with E-state index in [2.05, 4.69) is 124 Å². The van der Waals surface area contributed by atoms with Crippen molar-refractivity contribution < 1.29 is 0 Å². The Labute approximate surface area is 213 Å². The first kappa shape index (κ1) is 25.2. The van der Waals surface area contributed by atoms with Crippen LogP contribution in [0.4, 0.5) is 17.1 Å². The van der Waals surface area contributed by atoms with Gasteiger partial charge in [-0.3, -0.25) is 0 Å². The van der Waals surface area contributed by atoms with Gasteiger partial charge in [-0.25, -0.2) is 0 Å². The lowest BCUT2D eigenvalue weighted by Gasteiger charge is -2.43. The molecule has 0 amide bonds. The third-order valence-electron chi connectivity index (χ3n) is 8.01. The van der Waals surface area contributed by atoms with Crippen molar-refractivity contribution in [1.82, 2.24) is 0 Å². The number of hydrogen-bond acceptors (Lipinski definition) is 3. The van der Waals surface area contributed by atoms with Crippen LogP contribution in [0, 0.1) is 19.9 Å². The molecular formula is C32H42N3. The monoisotopic (exact) mass is 468 g/mol. The van der Waals surface area contributed by atoms with Crippen LogP contribution in [0.3, 0.4) is 0 Å². The minimum atomic E-state index is -0.232. The quantitative estimate of drug-likeness (QED) is 0.331. The molecule has 185 valence electrons. The molecule has 35 heavy (non-hydrogen) atoms.